The quantitative estimate of drug-likeness (QED) is 0.812. The fourth-order valence-corrected chi connectivity index (χ4v) is 2.49. The predicted octanol–water partition coefficient (Wildman–Crippen LogP) is 1.07. The molecule has 2 rings (SSSR count). The maximum absolute atomic E-state index is 5.44. The molecule has 1 N–H and O–H groups in total. The molecule has 1 fully saturated rings. The first-order valence-electron chi connectivity index (χ1n) is 7.48. The van der Waals surface area contributed by atoms with Crippen LogP contribution in [-0.4, -0.2) is 56.3 Å². The summed E-state index contributed by atoms with van der Waals surface area (Å²) in [5.41, 5.74) is 0.963. The predicted molar refractivity (Wildman–Crippen MR) is 82.4 cm³/mol. The van der Waals surface area contributed by atoms with Crippen molar-refractivity contribution >= 4 is 5.82 Å². The Bertz CT molecular complexity index is 412. The Hall–Kier alpha value is -1.24. The third kappa shape index (κ3) is 4.36. The van der Waals surface area contributed by atoms with E-state index in [0.29, 0.717) is 5.92 Å². The Morgan fingerprint density at radius 1 is 1.19 bits per heavy atom. The molecule has 0 aromatic carbocycles. The molecule has 118 valence electrons. The zero-order valence-corrected chi connectivity index (χ0v) is 13.4. The van der Waals surface area contributed by atoms with Crippen LogP contribution in [0, 0.1) is 5.92 Å². The van der Waals surface area contributed by atoms with Gasteiger partial charge in [0.15, 0.2) is 5.82 Å². The number of nitrogens with one attached hydrogen (secondary N) is 1. The zero-order valence-electron chi connectivity index (χ0n) is 13.4. The Labute approximate surface area is 126 Å². The normalized spacial score (nSPS) is 22.2. The molecule has 0 amide bonds. The maximum atomic E-state index is 5.44. The first-order valence-corrected chi connectivity index (χ1v) is 7.48. The molecular formula is C15H26N4O2. The molecular weight excluding hydrogens is 268 g/mol. The third-order valence-electron chi connectivity index (χ3n) is 3.71. The molecule has 6 nitrogen and oxygen atoms in total. The van der Waals surface area contributed by atoms with Gasteiger partial charge in [0.05, 0.1) is 5.69 Å². The van der Waals surface area contributed by atoms with Gasteiger partial charge in [0.2, 0.25) is 0 Å². The first kappa shape index (κ1) is 16.1. The van der Waals surface area contributed by atoms with Gasteiger partial charge >= 0.3 is 0 Å². The summed E-state index contributed by atoms with van der Waals surface area (Å²) in [6.07, 6.45) is 0.174. The van der Waals surface area contributed by atoms with Gasteiger partial charge in [-0.15, -0.1) is 5.10 Å². The molecule has 0 radical (unpaired) electrons. The second kappa shape index (κ2) is 7.68. The number of anilines is 1. The van der Waals surface area contributed by atoms with Crippen molar-refractivity contribution in [3.63, 3.8) is 0 Å². The Morgan fingerprint density at radius 2 is 1.86 bits per heavy atom. The Morgan fingerprint density at radius 3 is 2.33 bits per heavy atom. The average Bonchev–Trinajstić information content (AvgIpc) is 2.91. The molecule has 1 aliphatic heterocycles. The average molecular weight is 294 g/mol. The van der Waals surface area contributed by atoms with Gasteiger partial charge in [-0.25, -0.2) is 0 Å². The van der Waals surface area contributed by atoms with Crippen LogP contribution in [0.2, 0.25) is 0 Å². The maximum Gasteiger partial charge on any atom is 0.151 e. The van der Waals surface area contributed by atoms with Gasteiger partial charge in [-0.2, -0.15) is 5.10 Å². The lowest BCUT2D eigenvalue weighted by Gasteiger charge is -2.16. The van der Waals surface area contributed by atoms with E-state index in [-0.39, 0.29) is 12.2 Å². The summed E-state index contributed by atoms with van der Waals surface area (Å²) in [7, 11) is 3.44. The van der Waals surface area contributed by atoms with Crippen LogP contribution < -0.4 is 10.2 Å². The standard InChI is InChI=1S/C15H26N4O2/c1-11(2)7-16-8-12-5-6-15(18-17-12)19-9-13(20-3)14(10-19)21-4/h5-6,11,13-14,16H,7-10H2,1-4H3. The fraction of sp³-hybridized carbons (Fsp3) is 0.733. The van der Waals surface area contributed by atoms with Gasteiger partial charge in [0.1, 0.15) is 12.2 Å². The highest BCUT2D eigenvalue weighted by atomic mass is 16.5. The minimum absolute atomic E-state index is 0.0872. The molecule has 1 aromatic heterocycles. The molecule has 6 heteroatoms. The highest BCUT2D eigenvalue weighted by Gasteiger charge is 2.33. The van der Waals surface area contributed by atoms with Crippen LogP contribution in [-0.2, 0) is 16.0 Å². The molecule has 2 heterocycles. The topological polar surface area (TPSA) is 59.5 Å². The van der Waals surface area contributed by atoms with Crippen molar-refractivity contribution in [2.75, 3.05) is 38.8 Å². The summed E-state index contributed by atoms with van der Waals surface area (Å²) in [5.74, 6) is 1.52. The molecule has 1 aliphatic rings. The summed E-state index contributed by atoms with van der Waals surface area (Å²) in [6.45, 7) is 7.69. The molecule has 0 saturated carbocycles. The lowest BCUT2D eigenvalue weighted by Crippen LogP contribution is -2.27. The van der Waals surface area contributed by atoms with Crippen LogP contribution in [0.5, 0.6) is 0 Å². The van der Waals surface area contributed by atoms with Gasteiger partial charge in [-0.3, -0.25) is 0 Å². The van der Waals surface area contributed by atoms with Crippen LogP contribution in [0.4, 0.5) is 5.82 Å². The second-order valence-corrected chi connectivity index (χ2v) is 5.86. The van der Waals surface area contributed by atoms with Crippen molar-refractivity contribution in [1.29, 1.82) is 0 Å². The highest BCUT2D eigenvalue weighted by molar-refractivity contribution is 5.39. The van der Waals surface area contributed by atoms with E-state index in [9.17, 15) is 0 Å². The van der Waals surface area contributed by atoms with Crippen molar-refractivity contribution in [1.82, 2.24) is 15.5 Å². The second-order valence-electron chi connectivity index (χ2n) is 5.86. The molecule has 1 saturated heterocycles. The Kier molecular flexibility index (Phi) is 5.90. The third-order valence-corrected chi connectivity index (χ3v) is 3.71. The largest absolute Gasteiger partial charge is 0.377 e. The van der Waals surface area contributed by atoms with E-state index in [1.54, 1.807) is 14.2 Å². The van der Waals surface area contributed by atoms with Crippen LogP contribution in [0.3, 0.4) is 0 Å². The number of ether oxygens (including phenoxy) is 2. The van der Waals surface area contributed by atoms with Gasteiger partial charge < -0.3 is 19.7 Å². The van der Waals surface area contributed by atoms with E-state index in [1.807, 2.05) is 12.1 Å². The smallest absolute Gasteiger partial charge is 0.151 e. The fourth-order valence-electron chi connectivity index (χ4n) is 2.49. The number of hydrogen-bond donors (Lipinski definition) is 1. The number of aromatic nitrogens is 2. The Balaban J connectivity index is 1.90. The lowest BCUT2D eigenvalue weighted by molar-refractivity contribution is -0.00461. The van der Waals surface area contributed by atoms with Crippen LogP contribution in [0.1, 0.15) is 19.5 Å². The highest BCUT2D eigenvalue weighted by Crippen LogP contribution is 2.21. The zero-order chi connectivity index (χ0) is 15.2. The van der Waals surface area contributed by atoms with E-state index >= 15 is 0 Å². The summed E-state index contributed by atoms with van der Waals surface area (Å²) in [6, 6.07) is 4.04. The summed E-state index contributed by atoms with van der Waals surface area (Å²) in [5, 5.41) is 12.0. The van der Waals surface area contributed by atoms with E-state index < -0.39 is 0 Å². The van der Waals surface area contributed by atoms with Crippen molar-refractivity contribution in [3.8, 4) is 0 Å². The summed E-state index contributed by atoms with van der Waals surface area (Å²) >= 11 is 0. The minimum atomic E-state index is 0.0872. The molecule has 21 heavy (non-hydrogen) atoms. The summed E-state index contributed by atoms with van der Waals surface area (Å²) < 4.78 is 10.9. The molecule has 0 bridgehead atoms. The SMILES string of the molecule is COC1CN(c2ccc(CNCC(C)C)nn2)CC1OC. The van der Waals surface area contributed by atoms with Crippen LogP contribution in [0.15, 0.2) is 12.1 Å². The van der Waals surface area contributed by atoms with E-state index in [0.717, 1.165) is 37.7 Å². The first-order chi connectivity index (χ1) is 10.1. The van der Waals surface area contributed by atoms with Crippen molar-refractivity contribution in [2.45, 2.75) is 32.6 Å². The number of methoxy groups -OCH3 is 2. The van der Waals surface area contributed by atoms with Crippen molar-refractivity contribution in [3.05, 3.63) is 17.8 Å². The molecule has 2 atom stereocenters. The molecule has 0 aliphatic carbocycles. The van der Waals surface area contributed by atoms with Crippen molar-refractivity contribution in [2.24, 2.45) is 5.92 Å². The molecule has 0 spiro atoms. The van der Waals surface area contributed by atoms with E-state index in [2.05, 4.69) is 34.3 Å². The van der Waals surface area contributed by atoms with Gasteiger partial charge in [-0.1, -0.05) is 13.8 Å². The van der Waals surface area contributed by atoms with Gasteiger partial charge in [0, 0.05) is 33.9 Å². The number of nitrogens with zero attached hydrogens (tertiary/aromatic N) is 3. The monoisotopic (exact) mass is 294 g/mol. The lowest BCUT2D eigenvalue weighted by atomic mass is 10.2. The van der Waals surface area contributed by atoms with Gasteiger partial charge in [0.25, 0.3) is 0 Å². The summed E-state index contributed by atoms with van der Waals surface area (Å²) in [4.78, 5) is 2.15. The van der Waals surface area contributed by atoms with E-state index in [4.69, 9.17) is 9.47 Å². The molecule has 1 aromatic rings. The van der Waals surface area contributed by atoms with Gasteiger partial charge in [-0.05, 0) is 24.6 Å². The van der Waals surface area contributed by atoms with Crippen LogP contribution in [0.25, 0.3) is 0 Å². The number of hydrogen-bond acceptors (Lipinski definition) is 6. The van der Waals surface area contributed by atoms with E-state index in [1.165, 1.54) is 0 Å². The van der Waals surface area contributed by atoms with Crippen LogP contribution >= 0.6 is 0 Å². The molecule has 2 unspecified atom stereocenters. The number of rotatable bonds is 7. The minimum Gasteiger partial charge on any atom is -0.377 e. The van der Waals surface area contributed by atoms with Crippen molar-refractivity contribution < 1.29 is 9.47 Å².